The van der Waals surface area contributed by atoms with E-state index >= 15 is 0 Å². The highest BCUT2D eigenvalue weighted by Gasteiger charge is 2.14. The molecule has 0 saturated heterocycles. The molecular weight excluding hydrogens is 336 g/mol. The first-order valence-electron chi connectivity index (χ1n) is 7.28. The summed E-state index contributed by atoms with van der Waals surface area (Å²) < 4.78 is 3.36. The van der Waals surface area contributed by atoms with Gasteiger partial charge in [0.05, 0.1) is 16.4 Å². The molecule has 1 heterocycles. The van der Waals surface area contributed by atoms with Crippen LogP contribution in [0.1, 0.15) is 51.2 Å². The first-order chi connectivity index (χ1) is 9.49. The number of hydrogen-bond donors (Lipinski definition) is 0. The number of aromatic nitrogens is 2. The van der Waals surface area contributed by atoms with Gasteiger partial charge in [0, 0.05) is 11.0 Å². The molecule has 2 nitrogen and oxygen atoms in total. The maximum absolute atomic E-state index is 6.29. The number of nitrogens with zero attached hydrogens (tertiary/aromatic N) is 2. The zero-order valence-electron chi connectivity index (χ0n) is 12.4. The van der Waals surface area contributed by atoms with Gasteiger partial charge in [-0.15, -0.1) is 11.6 Å². The molecule has 0 fully saturated rings. The van der Waals surface area contributed by atoms with Gasteiger partial charge < -0.3 is 4.57 Å². The van der Waals surface area contributed by atoms with E-state index in [2.05, 4.69) is 45.4 Å². The Morgan fingerprint density at radius 1 is 1.25 bits per heavy atom. The Labute approximate surface area is 134 Å². The lowest BCUT2D eigenvalue weighted by Crippen LogP contribution is -2.05. The lowest BCUT2D eigenvalue weighted by molar-refractivity contribution is 0.507. The van der Waals surface area contributed by atoms with E-state index in [4.69, 9.17) is 11.6 Å². The molecule has 1 unspecified atom stereocenters. The van der Waals surface area contributed by atoms with Crippen molar-refractivity contribution in [2.45, 2.75) is 52.0 Å². The van der Waals surface area contributed by atoms with Crippen LogP contribution in [-0.4, -0.2) is 9.55 Å². The molecule has 0 amide bonds. The van der Waals surface area contributed by atoms with Gasteiger partial charge in [0.25, 0.3) is 0 Å². The fraction of sp³-hybridized carbons (Fsp3) is 0.562. The van der Waals surface area contributed by atoms with Gasteiger partial charge in [-0.25, -0.2) is 4.98 Å². The minimum atomic E-state index is -0.0636. The van der Waals surface area contributed by atoms with Gasteiger partial charge in [0.2, 0.25) is 0 Å². The van der Waals surface area contributed by atoms with Gasteiger partial charge in [0.1, 0.15) is 5.82 Å². The fourth-order valence-electron chi connectivity index (χ4n) is 2.48. The number of rotatable bonds is 6. The highest BCUT2D eigenvalue weighted by Crippen LogP contribution is 2.27. The highest BCUT2D eigenvalue weighted by molar-refractivity contribution is 9.10. The minimum Gasteiger partial charge on any atom is -0.327 e. The summed E-state index contributed by atoms with van der Waals surface area (Å²) in [5.41, 5.74) is 2.20. The standard InChI is InChI=1S/C16H22BrClN2/c1-11(2)6-4-5-9-20-15-10-13(17)7-8-14(15)19-16(20)12(3)18/h7-8,10-12H,4-6,9H2,1-3H3. The average molecular weight is 358 g/mol. The summed E-state index contributed by atoms with van der Waals surface area (Å²) in [6.07, 6.45) is 3.70. The van der Waals surface area contributed by atoms with E-state index in [1.807, 2.05) is 19.1 Å². The number of unbranched alkanes of at least 4 members (excludes halogenated alkanes) is 1. The minimum absolute atomic E-state index is 0.0636. The number of fused-ring (bicyclic) bond motifs is 1. The lowest BCUT2D eigenvalue weighted by Gasteiger charge is -2.11. The number of halogens is 2. The zero-order valence-corrected chi connectivity index (χ0v) is 14.7. The molecular formula is C16H22BrClN2. The molecule has 0 radical (unpaired) electrons. The molecule has 0 aliphatic carbocycles. The largest absolute Gasteiger partial charge is 0.327 e. The number of hydrogen-bond acceptors (Lipinski definition) is 1. The summed E-state index contributed by atoms with van der Waals surface area (Å²) in [6.45, 7) is 7.53. The predicted molar refractivity (Wildman–Crippen MR) is 90.4 cm³/mol. The number of aryl methyl sites for hydroxylation is 1. The van der Waals surface area contributed by atoms with Crippen LogP contribution in [0.4, 0.5) is 0 Å². The summed E-state index contributed by atoms with van der Waals surface area (Å²) in [5, 5.41) is -0.0636. The highest BCUT2D eigenvalue weighted by atomic mass is 79.9. The van der Waals surface area contributed by atoms with Crippen molar-refractivity contribution in [2.75, 3.05) is 0 Å². The molecule has 110 valence electrons. The van der Waals surface area contributed by atoms with Crippen molar-refractivity contribution in [3.05, 3.63) is 28.5 Å². The van der Waals surface area contributed by atoms with Gasteiger partial charge in [-0.2, -0.15) is 0 Å². The summed E-state index contributed by atoms with van der Waals surface area (Å²) >= 11 is 9.83. The monoisotopic (exact) mass is 356 g/mol. The van der Waals surface area contributed by atoms with Crippen molar-refractivity contribution in [3.8, 4) is 0 Å². The fourth-order valence-corrected chi connectivity index (χ4v) is 2.99. The Morgan fingerprint density at radius 2 is 2.00 bits per heavy atom. The summed E-state index contributed by atoms with van der Waals surface area (Å²) in [6, 6.07) is 6.21. The normalized spacial score (nSPS) is 13.3. The van der Waals surface area contributed by atoms with Crippen LogP contribution >= 0.6 is 27.5 Å². The molecule has 20 heavy (non-hydrogen) atoms. The van der Waals surface area contributed by atoms with Crippen LogP contribution < -0.4 is 0 Å². The third-order valence-corrected chi connectivity index (χ3v) is 4.20. The quantitative estimate of drug-likeness (QED) is 0.463. The Hall–Kier alpha value is -0.540. The van der Waals surface area contributed by atoms with Crippen molar-refractivity contribution < 1.29 is 0 Å². The van der Waals surface area contributed by atoms with Crippen molar-refractivity contribution in [2.24, 2.45) is 5.92 Å². The SMILES string of the molecule is CC(C)CCCCn1c(C(C)Cl)nc2ccc(Br)cc21. The van der Waals surface area contributed by atoms with Crippen molar-refractivity contribution in [1.29, 1.82) is 0 Å². The molecule has 1 aromatic carbocycles. The molecule has 1 atom stereocenters. The molecule has 0 N–H and O–H groups in total. The van der Waals surface area contributed by atoms with E-state index in [-0.39, 0.29) is 5.38 Å². The summed E-state index contributed by atoms with van der Waals surface area (Å²) in [5.74, 6) is 1.75. The third-order valence-electron chi connectivity index (χ3n) is 3.51. The van der Waals surface area contributed by atoms with Gasteiger partial charge >= 0.3 is 0 Å². The average Bonchev–Trinajstić information content (AvgIpc) is 2.73. The summed E-state index contributed by atoms with van der Waals surface area (Å²) in [7, 11) is 0. The van der Waals surface area contributed by atoms with E-state index in [0.717, 1.165) is 28.3 Å². The van der Waals surface area contributed by atoms with Crippen LogP contribution in [0.2, 0.25) is 0 Å². The molecule has 0 aliphatic rings. The Morgan fingerprint density at radius 3 is 2.65 bits per heavy atom. The Bertz CT molecular complexity index is 575. The third kappa shape index (κ3) is 3.76. The van der Waals surface area contributed by atoms with Gasteiger partial charge in [-0.05, 0) is 37.5 Å². The van der Waals surface area contributed by atoms with Gasteiger partial charge in [0.15, 0.2) is 0 Å². The molecule has 1 aromatic heterocycles. The first-order valence-corrected chi connectivity index (χ1v) is 8.51. The van der Waals surface area contributed by atoms with E-state index in [1.165, 1.54) is 24.8 Å². The first kappa shape index (κ1) is 15.8. The lowest BCUT2D eigenvalue weighted by atomic mass is 10.1. The molecule has 0 spiro atoms. The number of alkyl halides is 1. The van der Waals surface area contributed by atoms with Crippen LogP contribution in [0.5, 0.6) is 0 Å². The van der Waals surface area contributed by atoms with Gasteiger partial charge in [-0.1, -0.05) is 42.6 Å². The van der Waals surface area contributed by atoms with Crippen LogP contribution in [0.15, 0.2) is 22.7 Å². The van der Waals surface area contributed by atoms with Crippen molar-refractivity contribution >= 4 is 38.6 Å². The van der Waals surface area contributed by atoms with Crippen molar-refractivity contribution in [3.63, 3.8) is 0 Å². The van der Waals surface area contributed by atoms with E-state index in [9.17, 15) is 0 Å². The van der Waals surface area contributed by atoms with Crippen LogP contribution in [0.25, 0.3) is 11.0 Å². The molecule has 2 aromatic rings. The zero-order chi connectivity index (χ0) is 14.7. The van der Waals surface area contributed by atoms with Crippen LogP contribution in [0, 0.1) is 5.92 Å². The van der Waals surface area contributed by atoms with Crippen LogP contribution in [-0.2, 0) is 6.54 Å². The second-order valence-electron chi connectivity index (χ2n) is 5.76. The molecule has 0 aliphatic heterocycles. The maximum atomic E-state index is 6.29. The van der Waals surface area contributed by atoms with E-state index in [0.29, 0.717) is 0 Å². The smallest absolute Gasteiger partial charge is 0.127 e. The Kier molecular flexibility index (Phi) is 5.50. The summed E-state index contributed by atoms with van der Waals surface area (Å²) in [4.78, 5) is 4.68. The van der Waals surface area contributed by atoms with Crippen molar-refractivity contribution in [1.82, 2.24) is 9.55 Å². The second-order valence-corrected chi connectivity index (χ2v) is 7.33. The molecule has 0 bridgehead atoms. The van der Waals surface area contributed by atoms with E-state index < -0.39 is 0 Å². The predicted octanol–water partition coefficient (Wildman–Crippen LogP) is 5.92. The topological polar surface area (TPSA) is 17.8 Å². The number of imidazole rings is 1. The molecule has 2 rings (SSSR count). The number of benzene rings is 1. The molecule has 4 heteroatoms. The second kappa shape index (κ2) is 6.95. The van der Waals surface area contributed by atoms with E-state index in [1.54, 1.807) is 0 Å². The van der Waals surface area contributed by atoms with Crippen LogP contribution in [0.3, 0.4) is 0 Å². The Balaban J connectivity index is 2.24. The molecule has 0 saturated carbocycles. The maximum Gasteiger partial charge on any atom is 0.127 e. The van der Waals surface area contributed by atoms with Gasteiger partial charge in [-0.3, -0.25) is 0 Å².